The van der Waals surface area contributed by atoms with Crippen molar-refractivity contribution in [2.24, 2.45) is 0 Å². The highest BCUT2D eigenvalue weighted by molar-refractivity contribution is 5.95. The minimum atomic E-state index is -0.625. The van der Waals surface area contributed by atoms with Gasteiger partial charge in [-0.05, 0) is 57.0 Å². The molecule has 6 heteroatoms. The van der Waals surface area contributed by atoms with Gasteiger partial charge in [0, 0.05) is 29.5 Å². The molecule has 0 bridgehead atoms. The number of nitrogens with one attached hydrogen (secondary N) is 1. The lowest BCUT2D eigenvalue weighted by atomic mass is 9.95. The van der Waals surface area contributed by atoms with Gasteiger partial charge in [-0.1, -0.05) is 18.2 Å². The maximum Gasteiger partial charge on any atom is 0.157 e. The highest BCUT2D eigenvalue weighted by Gasteiger charge is 2.36. The Balaban J connectivity index is 1.70. The summed E-state index contributed by atoms with van der Waals surface area (Å²) in [4.78, 5) is 2.16. The molecule has 1 aliphatic heterocycles. The van der Waals surface area contributed by atoms with Gasteiger partial charge in [0.1, 0.15) is 0 Å². The van der Waals surface area contributed by atoms with Gasteiger partial charge in [-0.3, -0.25) is 0 Å². The molecule has 29 heavy (non-hydrogen) atoms. The molecule has 0 amide bonds. The van der Waals surface area contributed by atoms with Crippen LogP contribution in [0.25, 0.3) is 10.8 Å². The van der Waals surface area contributed by atoms with Crippen LogP contribution in [-0.2, 0) is 0 Å². The average Bonchev–Trinajstić information content (AvgIpc) is 2.68. The third-order valence-corrected chi connectivity index (χ3v) is 5.69. The van der Waals surface area contributed by atoms with E-state index >= 15 is 0 Å². The zero-order valence-electron chi connectivity index (χ0n) is 17.2. The molecule has 3 aromatic rings. The topological polar surface area (TPSA) is 85.1 Å². The molecule has 0 saturated carbocycles. The molecule has 4 rings (SSSR count). The predicted octanol–water partition coefficient (Wildman–Crippen LogP) is 3.86. The zero-order chi connectivity index (χ0) is 20.8. The lowest BCUT2D eigenvalue weighted by molar-refractivity contribution is 0.0310. The van der Waals surface area contributed by atoms with Crippen molar-refractivity contribution in [3.05, 3.63) is 58.8 Å². The van der Waals surface area contributed by atoms with Crippen LogP contribution < -0.4 is 10.2 Å². The third kappa shape index (κ3) is 3.50. The Morgan fingerprint density at radius 3 is 2.62 bits per heavy atom. The van der Waals surface area contributed by atoms with Crippen molar-refractivity contribution in [1.82, 2.24) is 10.2 Å². The lowest BCUT2D eigenvalue weighted by Crippen LogP contribution is -2.60. The number of aliphatic hydroxyl groups is 1. The minimum absolute atomic E-state index is 0.0306. The highest BCUT2D eigenvalue weighted by Crippen LogP contribution is 2.34. The Kier molecular flexibility index (Phi) is 4.64. The molecule has 1 unspecified atom stereocenters. The van der Waals surface area contributed by atoms with E-state index in [2.05, 4.69) is 51.6 Å². The molecule has 1 aliphatic rings. The van der Waals surface area contributed by atoms with E-state index in [1.165, 1.54) is 0 Å². The number of benzene rings is 2. The summed E-state index contributed by atoms with van der Waals surface area (Å²) in [6.07, 6.45) is 0. The van der Waals surface area contributed by atoms with Crippen molar-refractivity contribution < 1.29 is 5.11 Å². The van der Waals surface area contributed by atoms with E-state index in [0.29, 0.717) is 24.5 Å². The van der Waals surface area contributed by atoms with Crippen LogP contribution in [0.3, 0.4) is 0 Å². The van der Waals surface area contributed by atoms with Crippen LogP contribution in [0.5, 0.6) is 0 Å². The van der Waals surface area contributed by atoms with E-state index in [0.717, 1.165) is 33.3 Å². The van der Waals surface area contributed by atoms with Crippen LogP contribution >= 0.6 is 0 Å². The Bertz CT molecular complexity index is 1120. The number of anilines is 2. The molecule has 1 aromatic heterocycles. The second kappa shape index (κ2) is 7.02. The minimum Gasteiger partial charge on any atom is -0.386 e. The monoisotopic (exact) mass is 387 g/mol. The Labute approximate surface area is 170 Å². The largest absolute Gasteiger partial charge is 0.386 e. The van der Waals surface area contributed by atoms with E-state index in [1.807, 2.05) is 39.0 Å². The van der Waals surface area contributed by atoms with Crippen molar-refractivity contribution in [2.45, 2.75) is 39.3 Å². The summed E-state index contributed by atoms with van der Waals surface area (Å²) in [7, 11) is 0. The first-order chi connectivity index (χ1) is 13.8. The Morgan fingerprint density at radius 1 is 1.17 bits per heavy atom. The van der Waals surface area contributed by atoms with Gasteiger partial charge in [-0.15, -0.1) is 5.10 Å². The zero-order valence-corrected chi connectivity index (χ0v) is 17.2. The summed E-state index contributed by atoms with van der Waals surface area (Å²) in [6, 6.07) is 14.2. The van der Waals surface area contributed by atoms with Gasteiger partial charge in [-0.2, -0.15) is 10.4 Å². The maximum absolute atomic E-state index is 10.1. The molecule has 1 atom stereocenters. The van der Waals surface area contributed by atoms with E-state index in [1.54, 1.807) is 0 Å². The first kappa shape index (κ1) is 19.2. The summed E-state index contributed by atoms with van der Waals surface area (Å²) in [6.45, 7) is 9.08. The summed E-state index contributed by atoms with van der Waals surface area (Å²) < 4.78 is 0. The molecule has 1 fully saturated rings. The summed E-state index contributed by atoms with van der Waals surface area (Å²) in [5.74, 6) is 0.717. The molecule has 2 heterocycles. The van der Waals surface area contributed by atoms with Crippen LogP contribution in [0.2, 0.25) is 0 Å². The normalized spacial score (nSPS) is 16.2. The SMILES string of the molecule is Cc1c(C#N)cccc1C(C)Nc1nnc(C)c2ccc(N3CC(C)(O)C3)cc12. The summed E-state index contributed by atoms with van der Waals surface area (Å²) in [5.41, 5.74) is 4.04. The highest BCUT2D eigenvalue weighted by atomic mass is 16.3. The van der Waals surface area contributed by atoms with Gasteiger partial charge < -0.3 is 15.3 Å². The molecular formula is C23H25N5O. The number of rotatable bonds is 4. The molecular weight excluding hydrogens is 362 g/mol. The standard InChI is InChI=1S/C23H25N5O/c1-14-17(11-24)6-5-7-19(14)15(2)25-22-21-10-18(28-12-23(4,29)13-28)8-9-20(21)16(3)26-27-22/h5-10,15,29H,12-13H2,1-4H3,(H,25,27). The Morgan fingerprint density at radius 2 is 1.93 bits per heavy atom. The first-order valence-electron chi connectivity index (χ1n) is 9.79. The van der Waals surface area contributed by atoms with Crippen molar-refractivity contribution in [2.75, 3.05) is 23.3 Å². The number of aromatic nitrogens is 2. The van der Waals surface area contributed by atoms with Crippen molar-refractivity contribution >= 4 is 22.3 Å². The number of β-amino-alcohol motifs (C(OH)–C–C–N with tert-alkyl or cyclic N) is 1. The fraction of sp³-hybridized carbons (Fsp3) is 0.348. The van der Waals surface area contributed by atoms with E-state index in [-0.39, 0.29) is 6.04 Å². The average molecular weight is 387 g/mol. The fourth-order valence-electron chi connectivity index (χ4n) is 4.06. The smallest absolute Gasteiger partial charge is 0.157 e. The molecule has 0 aliphatic carbocycles. The quantitative estimate of drug-likeness (QED) is 0.707. The summed E-state index contributed by atoms with van der Waals surface area (Å²) >= 11 is 0. The van der Waals surface area contributed by atoms with Gasteiger partial charge in [0.25, 0.3) is 0 Å². The third-order valence-electron chi connectivity index (χ3n) is 5.69. The van der Waals surface area contributed by atoms with Gasteiger partial charge >= 0.3 is 0 Å². The Hall–Kier alpha value is -3.17. The van der Waals surface area contributed by atoms with E-state index in [4.69, 9.17) is 0 Å². The van der Waals surface area contributed by atoms with Gasteiger partial charge in [-0.25, -0.2) is 0 Å². The molecule has 0 spiro atoms. The molecule has 6 nitrogen and oxygen atoms in total. The lowest BCUT2D eigenvalue weighted by Gasteiger charge is -2.45. The first-order valence-corrected chi connectivity index (χ1v) is 9.79. The van der Waals surface area contributed by atoms with Gasteiger partial charge in [0.2, 0.25) is 0 Å². The van der Waals surface area contributed by atoms with Crippen molar-refractivity contribution in [3.8, 4) is 6.07 Å². The predicted molar refractivity (Wildman–Crippen MR) is 115 cm³/mol. The van der Waals surface area contributed by atoms with Crippen molar-refractivity contribution in [3.63, 3.8) is 0 Å². The van der Waals surface area contributed by atoms with E-state index in [9.17, 15) is 10.4 Å². The number of nitrogens with zero attached hydrogens (tertiary/aromatic N) is 4. The second-order valence-electron chi connectivity index (χ2n) is 8.21. The van der Waals surface area contributed by atoms with Gasteiger partial charge in [0.15, 0.2) is 5.82 Å². The number of hydrogen-bond acceptors (Lipinski definition) is 6. The molecule has 148 valence electrons. The van der Waals surface area contributed by atoms with Crippen LogP contribution in [-0.4, -0.2) is 34.0 Å². The van der Waals surface area contributed by atoms with Crippen LogP contribution in [0, 0.1) is 25.2 Å². The van der Waals surface area contributed by atoms with Crippen LogP contribution in [0.4, 0.5) is 11.5 Å². The second-order valence-corrected chi connectivity index (χ2v) is 8.21. The van der Waals surface area contributed by atoms with Crippen molar-refractivity contribution in [1.29, 1.82) is 5.26 Å². The molecule has 2 aromatic carbocycles. The molecule has 1 saturated heterocycles. The van der Waals surface area contributed by atoms with Gasteiger partial charge in [0.05, 0.1) is 29.0 Å². The van der Waals surface area contributed by atoms with Crippen LogP contribution in [0.1, 0.15) is 42.3 Å². The maximum atomic E-state index is 10.1. The van der Waals surface area contributed by atoms with Crippen LogP contribution in [0.15, 0.2) is 36.4 Å². The molecule has 2 N–H and O–H groups in total. The van der Waals surface area contributed by atoms with E-state index < -0.39 is 5.60 Å². The number of hydrogen-bond donors (Lipinski definition) is 2. The number of aryl methyl sites for hydroxylation is 1. The fourth-order valence-corrected chi connectivity index (χ4v) is 4.06. The number of fused-ring (bicyclic) bond motifs is 1. The summed E-state index contributed by atoms with van der Waals surface area (Å²) in [5, 5.41) is 33.7. The molecule has 0 radical (unpaired) electrons. The number of nitriles is 1.